The molecule has 0 aromatic heterocycles. The first-order valence-corrected chi connectivity index (χ1v) is 10.4. The fourth-order valence-electron chi connectivity index (χ4n) is 4.10. The standard InChI is InChI=1S/C26H34O2/c1-7-10-20(8-2)24(9-3)26(28)22-12-11-21(25(27)16-22)15-23-14-17(4)13-18(5)19(23)6/h8,11-14,16,20,24,27H,2,7,9-10,15H2,1,3-6H3. The van der Waals surface area contributed by atoms with Gasteiger partial charge < -0.3 is 5.11 Å². The van der Waals surface area contributed by atoms with Crippen LogP contribution in [-0.4, -0.2) is 10.9 Å². The summed E-state index contributed by atoms with van der Waals surface area (Å²) < 4.78 is 0. The number of phenols is 1. The smallest absolute Gasteiger partial charge is 0.166 e. The number of allylic oxidation sites excluding steroid dienone is 1. The molecular formula is C26H34O2. The van der Waals surface area contributed by atoms with Gasteiger partial charge in [-0.15, -0.1) is 6.58 Å². The second-order valence-corrected chi connectivity index (χ2v) is 7.95. The first-order valence-electron chi connectivity index (χ1n) is 10.4. The fourth-order valence-corrected chi connectivity index (χ4v) is 4.10. The van der Waals surface area contributed by atoms with Crippen molar-refractivity contribution in [3.8, 4) is 5.75 Å². The molecule has 150 valence electrons. The zero-order valence-corrected chi connectivity index (χ0v) is 18.0. The van der Waals surface area contributed by atoms with E-state index in [4.69, 9.17) is 0 Å². The van der Waals surface area contributed by atoms with E-state index >= 15 is 0 Å². The highest BCUT2D eigenvalue weighted by atomic mass is 16.3. The molecule has 0 bridgehead atoms. The topological polar surface area (TPSA) is 37.3 Å². The number of carbonyl (C=O) groups is 1. The maximum absolute atomic E-state index is 13.1. The van der Waals surface area contributed by atoms with E-state index in [0.29, 0.717) is 12.0 Å². The van der Waals surface area contributed by atoms with Crippen molar-refractivity contribution in [2.45, 2.75) is 60.3 Å². The molecule has 2 aromatic carbocycles. The van der Waals surface area contributed by atoms with E-state index in [0.717, 1.165) is 24.8 Å². The average Bonchev–Trinajstić information content (AvgIpc) is 2.66. The van der Waals surface area contributed by atoms with Gasteiger partial charge in [-0.3, -0.25) is 4.79 Å². The minimum Gasteiger partial charge on any atom is -0.508 e. The van der Waals surface area contributed by atoms with Crippen molar-refractivity contribution in [3.05, 3.63) is 76.4 Å². The summed E-state index contributed by atoms with van der Waals surface area (Å²) in [6, 6.07) is 9.76. The summed E-state index contributed by atoms with van der Waals surface area (Å²) in [4.78, 5) is 13.1. The van der Waals surface area contributed by atoms with Crippen LogP contribution in [0.25, 0.3) is 0 Å². The molecule has 0 saturated carbocycles. The van der Waals surface area contributed by atoms with Gasteiger partial charge in [0.15, 0.2) is 5.78 Å². The van der Waals surface area contributed by atoms with Gasteiger partial charge in [0.25, 0.3) is 0 Å². The summed E-state index contributed by atoms with van der Waals surface area (Å²) in [5.41, 5.74) is 6.40. The van der Waals surface area contributed by atoms with Crippen molar-refractivity contribution in [3.63, 3.8) is 0 Å². The molecule has 2 nitrogen and oxygen atoms in total. The van der Waals surface area contributed by atoms with Crippen LogP contribution in [0.2, 0.25) is 0 Å². The quantitative estimate of drug-likeness (QED) is 0.388. The van der Waals surface area contributed by atoms with Gasteiger partial charge in [-0.25, -0.2) is 0 Å². The normalized spacial score (nSPS) is 13.2. The maximum Gasteiger partial charge on any atom is 0.166 e. The first-order chi connectivity index (χ1) is 13.3. The van der Waals surface area contributed by atoms with Crippen LogP contribution in [0.4, 0.5) is 0 Å². The summed E-state index contributed by atoms with van der Waals surface area (Å²) in [5.74, 6) is 0.404. The van der Waals surface area contributed by atoms with E-state index in [-0.39, 0.29) is 23.4 Å². The third-order valence-electron chi connectivity index (χ3n) is 5.89. The summed E-state index contributed by atoms with van der Waals surface area (Å²) in [7, 11) is 0. The number of aryl methyl sites for hydroxylation is 2. The highest BCUT2D eigenvalue weighted by Gasteiger charge is 2.25. The van der Waals surface area contributed by atoms with Gasteiger partial charge in [0.2, 0.25) is 0 Å². The second kappa shape index (κ2) is 9.73. The number of ketones is 1. The zero-order valence-electron chi connectivity index (χ0n) is 18.0. The van der Waals surface area contributed by atoms with Crippen molar-refractivity contribution in [2.24, 2.45) is 11.8 Å². The maximum atomic E-state index is 13.1. The van der Waals surface area contributed by atoms with Gasteiger partial charge in [0.1, 0.15) is 5.75 Å². The van der Waals surface area contributed by atoms with Crippen LogP contribution in [0.5, 0.6) is 5.75 Å². The van der Waals surface area contributed by atoms with Gasteiger partial charge in [-0.1, -0.05) is 56.2 Å². The Bertz CT molecular complexity index is 848. The van der Waals surface area contributed by atoms with Crippen molar-refractivity contribution in [2.75, 3.05) is 0 Å². The lowest BCUT2D eigenvalue weighted by Gasteiger charge is -2.22. The zero-order chi connectivity index (χ0) is 20.8. The van der Waals surface area contributed by atoms with Crippen LogP contribution in [-0.2, 0) is 6.42 Å². The molecule has 2 atom stereocenters. The number of carbonyl (C=O) groups excluding carboxylic acids is 1. The number of phenolic OH excluding ortho intramolecular Hbond substituents is 1. The Morgan fingerprint density at radius 3 is 2.39 bits per heavy atom. The van der Waals surface area contributed by atoms with Gasteiger partial charge in [-0.05, 0) is 67.9 Å². The van der Waals surface area contributed by atoms with E-state index in [1.165, 1.54) is 22.3 Å². The van der Waals surface area contributed by atoms with Gasteiger partial charge in [-0.2, -0.15) is 0 Å². The monoisotopic (exact) mass is 378 g/mol. The molecule has 0 radical (unpaired) electrons. The minimum absolute atomic E-state index is 0.0793. The highest BCUT2D eigenvalue weighted by molar-refractivity contribution is 5.98. The Morgan fingerprint density at radius 1 is 1.11 bits per heavy atom. The second-order valence-electron chi connectivity index (χ2n) is 7.95. The predicted molar refractivity (Wildman–Crippen MR) is 118 cm³/mol. The van der Waals surface area contributed by atoms with Gasteiger partial charge in [0, 0.05) is 17.9 Å². The lowest BCUT2D eigenvalue weighted by Crippen LogP contribution is -2.22. The summed E-state index contributed by atoms with van der Waals surface area (Å²) in [6.45, 7) is 14.4. The molecule has 0 amide bonds. The molecule has 0 heterocycles. The first kappa shape index (κ1) is 21.9. The van der Waals surface area contributed by atoms with Crippen LogP contribution in [0.1, 0.15) is 71.3 Å². The molecule has 2 unspecified atom stereocenters. The number of hydrogen-bond acceptors (Lipinski definition) is 2. The number of Topliss-reactive ketones (excluding diaryl/α,β-unsaturated/α-hetero) is 1. The number of aromatic hydroxyl groups is 1. The van der Waals surface area contributed by atoms with Crippen molar-refractivity contribution < 1.29 is 9.90 Å². The van der Waals surface area contributed by atoms with Crippen LogP contribution in [0.3, 0.4) is 0 Å². The summed E-state index contributed by atoms with van der Waals surface area (Å²) >= 11 is 0. The van der Waals surface area contributed by atoms with Crippen molar-refractivity contribution >= 4 is 5.78 Å². The molecular weight excluding hydrogens is 344 g/mol. The number of benzene rings is 2. The van der Waals surface area contributed by atoms with Crippen LogP contribution in [0, 0.1) is 32.6 Å². The van der Waals surface area contributed by atoms with Crippen LogP contribution < -0.4 is 0 Å². The van der Waals surface area contributed by atoms with Crippen LogP contribution >= 0.6 is 0 Å². The van der Waals surface area contributed by atoms with E-state index in [2.05, 4.69) is 46.4 Å². The third kappa shape index (κ3) is 4.92. The van der Waals surface area contributed by atoms with E-state index < -0.39 is 0 Å². The molecule has 1 N–H and O–H groups in total. The van der Waals surface area contributed by atoms with Crippen LogP contribution in [0.15, 0.2) is 43.0 Å². The molecule has 0 aliphatic carbocycles. The molecule has 0 spiro atoms. The predicted octanol–water partition coefficient (Wildman–Crippen LogP) is 6.72. The Morgan fingerprint density at radius 2 is 1.82 bits per heavy atom. The summed E-state index contributed by atoms with van der Waals surface area (Å²) in [6.07, 6.45) is 5.34. The molecule has 0 fully saturated rings. The molecule has 28 heavy (non-hydrogen) atoms. The van der Waals surface area contributed by atoms with Gasteiger partial charge >= 0.3 is 0 Å². The molecule has 0 aliphatic heterocycles. The molecule has 2 rings (SSSR count). The minimum atomic E-state index is -0.0793. The van der Waals surface area contributed by atoms with Gasteiger partial charge in [0.05, 0.1) is 0 Å². The number of rotatable bonds is 9. The van der Waals surface area contributed by atoms with Crippen molar-refractivity contribution in [1.29, 1.82) is 0 Å². The highest BCUT2D eigenvalue weighted by Crippen LogP contribution is 2.30. The lowest BCUT2D eigenvalue weighted by atomic mass is 9.81. The van der Waals surface area contributed by atoms with E-state index in [9.17, 15) is 9.90 Å². The molecule has 0 aliphatic rings. The third-order valence-corrected chi connectivity index (χ3v) is 5.89. The Hall–Kier alpha value is -2.35. The Labute approximate surface area is 170 Å². The number of hydrogen-bond donors (Lipinski definition) is 1. The SMILES string of the molecule is C=CC(CCC)C(CC)C(=O)c1ccc(Cc2cc(C)cc(C)c2C)c(O)c1. The largest absolute Gasteiger partial charge is 0.508 e. The molecule has 2 heteroatoms. The Kier molecular flexibility index (Phi) is 7.62. The van der Waals surface area contributed by atoms with Crippen molar-refractivity contribution in [1.82, 2.24) is 0 Å². The molecule has 0 saturated heterocycles. The Balaban J connectivity index is 2.29. The fraction of sp³-hybridized carbons (Fsp3) is 0.423. The molecule has 2 aromatic rings. The summed E-state index contributed by atoms with van der Waals surface area (Å²) in [5, 5.41) is 10.6. The van der Waals surface area contributed by atoms with E-state index in [1.54, 1.807) is 6.07 Å². The van der Waals surface area contributed by atoms with E-state index in [1.807, 2.05) is 25.1 Å². The average molecular weight is 379 g/mol. The lowest BCUT2D eigenvalue weighted by molar-refractivity contribution is 0.0881.